The van der Waals surface area contributed by atoms with Crippen molar-refractivity contribution < 1.29 is 18.7 Å². The number of aromatic nitrogens is 2. The van der Waals surface area contributed by atoms with Gasteiger partial charge in [0.15, 0.2) is 11.5 Å². The largest absolute Gasteiger partial charge is 0.493 e. The first-order valence-electron chi connectivity index (χ1n) is 8.54. The number of benzene rings is 2. The van der Waals surface area contributed by atoms with Crippen molar-refractivity contribution in [1.82, 2.24) is 15.3 Å². The van der Waals surface area contributed by atoms with E-state index >= 15 is 0 Å². The number of hydrogen-bond acceptors (Lipinski definition) is 5. The summed E-state index contributed by atoms with van der Waals surface area (Å²) in [5.74, 6) is 0.938. The Morgan fingerprint density at radius 3 is 2.89 bits per heavy atom. The van der Waals surface area contributed by atoms with Crippen LogP contribution in [0.25, 0.3) is 11.0 Å². The fourth-order valence-electron chi connectivity index (χ4n) is 2.58. The number of rotatable bonds is 8. The van der Waals surface area contributed by atoms with E-state index in [4.69, 9.17) is 15.2 Å². The number of amides is 1. The number of nitrogens with two attached hydrogens (primary N) is 1. The molecule has 0 atom stereocenters. The summed E-state index contributed by atoms with van der Waals surface area (Å²) in [6, 6.07) is 9.24. The van der Waals surface area contributed by atoms with E-state index in [0.717, 1.165) is 0 Å². The van der Waals surface area contributed by atoms with Gasteiger partial charge in [0, 0.05) is 5.56 Å². The molecule has 2 aromatic carbocycles. The van der Waals surface area contributed by atoms with Gasteiger partial charge in [-0.05, 0) is 49.4 Å². The molecule has 0 fully saturated rings. The van der Waals surface area contributed by atoms with E-state index in [1.165, 1.54) is 19.2 Å². The van der Waals surface area contributed by atoms with Crippen LogP contribution in [0.2, 0.25) is 0 Å². The van der Waals surface area contributed by atoms with Crippen molar-refractivity contribution in [3.05, 3.63) is 53.6 Å². The van der Waals surface area contributed by atoms with E-state index in [2.05, 4.69) is 15.3 Å². The highest BCUT2D eigenvalue weighted by Gasteiger charge is 2.12. The zero-order chi connectivity index (χ0) is 19.2. The standard InChI is InChI=1S/C19H21FN4O3/c1-26-16-6-3-12(9-17(16)27-8-2-7-21)19(25)22-11-18-23-14-5-4-13(20)10-15(14)24-18/h3-6,9-10H,2,7-8,11,21H2,1H3,(H,22,25)(H,23,24). The molecule has 4 N–H and O–H groups in total. The van der Waals surface area contributed by atoms with Crippen molar-refractivity contribution in [2.75, 3.05) is 20.3 Å². The lowest BCUT2D eigenvalue weighted by Gasteiger charge is -2.12. The van der Waals surface area contributed by atoms with Crippen LogP contribution in [0.3, 0.4) is 0 Å². The van der Waals surface area contributed by atoms with E-state index in [9.17, 15) is 9.18 Å². The van der Waals surface area contributed by atoms with Crippen LogP contribution in [0, 0.1) is 5.82 Å². The number of imidazole rings is 1. The molecule has 0 aliphatic carbocycles. The number of ether oxygens (including phenoxy) is 2. The van der Waals surface area contributed by atoms with Crippen LogP contribution in [0.1, 0.15) is 22.6 Å². The second-order valence-electron chi connectivity index (χ2n) is 5.88. The average Bonchev–Trinajstić information content (AvgIpc) is 3.08. The molecule has 0 aliphatic heterocycles. The van der Waals surface area contributed by atoms with E-state index < -0.39 is 0 Å². The SMILES string of the molecule is COc1ccc(C(=O)NCc2nc3ccc(F)cc3[nH]2)cc1OCCCN. The monoisotopic (exact) mass is 372 g/mol. The molecule has 0 radical (unpaired) electrons. The number of nitrogens with zero attached hydrogens (tertiary/aromatic N) is 1. The maximum atomic E-state index is 13.2. The van der Waals surface area contributed by atoms with Crippen molar-refractivity contribution in [1.29, 1.82) is 0 Å². The van der Waals surface area contributed by atoms with Gasteiger partial charge in [-0.3, -0.25) is 4.79 Å². The number of carbonyl (C=O) groups is 1. The lowest BCUT2D eigenvalue weighted by Crippen LogP contribution is -2.23. The first kappa shape index (κ1) is 18.7. The number of halogens is 1. The molecular formula is C19H21FN4O3. The van der Waals surface area contributed by atoms with Gasteiger partial charge in [-0.2, -0.15) is 0 Å². The molecule has 0 aliphatic rings. The Balaban J connectivity index is 1.68. The number of methoxy groups -OCH3 is 1. The number of hydrogen-bond donors (Lipinski definition) is 3. The Hall–Kier alpha value is -3.13. The first-order valence-corrected chi connectivity index (χ1v) is 8.54. The Labute approximate surface area is 155 Å². The van der Waals surface area contributed by atoms with Gasteiger partial charge in [0.25, 0.3) is 5.91 Å². The molecule has 0 bridgehead atoms. The minimum atomic E-state index is -0.345. The van der Waals surface area contributed by atoms with Crippen LogP contribution in [-0.4, -0.2) is 36.1 Å². The van der Waals surface area contributed by atoms with Crippen molar-refractivity contribution in [3.63, 3.8) is 0 Å². The fraction of sp³-hybridized carbons (Fsp3) is 0.263. The van der Waals surface area contributed by atoms with Gasteiger partial charge in [0.1, 0.15) is 11.6 Å². The van der Waals surface area contributed by atoms with Gasteiger partial charge in [-0.15, -0.1) is 0 Å². The topological polar surface area (TPSA) is 102 Å². The molecular weight excluding hydrogens is 351 g/mol. The summed E-state index contributed by atoms with van der Waals surface area (Å²) in [5.41, 5.74) is 7.12. The van der Waals surface area contributed by atoms with Crippen LogP contribution in [0.4, 0.5) is 4.39 Å². The molecule has 0 unspecified atom stereocenters. The molecule has 27 heavy (non-hydrogen) atoms. The Morgan fingerprint density at radius 1 is 1.26 bits per heavy atom. The van der Waals surface area contributed by atoms with Crippen LogP contribution in [0.5, 0.6) is 11.5 Å². The average molecular weight is 372 g/mol. The summed E-state index contributed by atoms with van der Waals surface area (Å²) in [6.07, 6.45) is 0.701. The van der Waals surface area contributed by atoms with Gasteiger partial charge < -0.3 is 25.5 Å². The summed E-state index contributed by atoms with van der Waals surface area (Å²) in [7, 11) is 1.54. The second-order valence-corrected chi connectivity index (χ2v) is 5.88. The molecule has 1 heterocycles. The molecule has 1 aromatic heterocycles. The number of fused-ring (bicyclic) bond motifs is 1. The number of H-pyrrole nitrogens is 1. The fourth-order valence-corrected chi connectivity index (χ4v) is 2.58. The minimum absolute atomic E-state index is 0.185. The Morgan fingerprint density at radius 2 is 2.11 bits per heavy atom. The lowest BCUT2D eigenvalue weighted by atomic mass is 10.2. The van der Waals surface area contributed by atoms with E-state index in [0.29, 0.717) is 53.5 Å². The third kappa shape index (κ3) is 4.53. The predicted octanol–water partition coefficient (Wildman–Crippen LogP) is 2.37. The maximum absolute atomic E-state index is 13.2. The summed E-state index contributed by atoms with van der Waals surface area (Å²) in [5, 5.41) is 2.78. The maximum Gasteiger partial charge on any atom is 0.251 e. The molecule has 0 spiro atoms. The summed E-state index contributed by atoms with van der Waals surface area (Å²) >= 11 is 0. The number of aromatic amines is 1. The zero-order valence-corrected chi connectivity index (χ0v) is 14.9. The summed E-state index contributed by atoms with van der Waals surface area (Å²) in [4.78, 5) is 19.7. The highest BCUT2D eigenvalue weighted by Crippen LogP contribution is 2.28. The van der Waals surface area contributed by atoms with Gasteiger partial charge >= 0.3 is 0 Å². The smallest absolute Gasteiger partial charge is 0.251 e. The van der Waals surface area contributed by atoms with Crippen LogP contribution < -0.4 is 20.5 Å². The van der Waals surface area contributed by atoms with Gasteiger partial charge in [-0.1, -0.05) is 0 Å². The molecule has 1 amide bonds. The number of nitrogens with one attached hydrogen (secondary N) is 2. The number of carbonyl (C=O) groups excluding carboxylic acids is 1. The van der Waals surface area contributed by atoms with E-state index in [1.54, 1.807) is 24.3 Å². The second kappa shape index (κ2) is 8.50. The summed E-state index contributed by atoms with van der Waals surface area (Å²) < 4.78 is 24.1. The highest BCUT2D eigenvalue weighted by atomic mass is 19.1. The Bertz CT molecular complexity index is 942. The van der Waals surface area contributed by atoms with E-state index in [1.807, 2.05) is 0 Å². The molecule has 7 nitrogen and oxygen atoms in total. The molecule has 3 aromatic rings. The molecule has 0 saturated heterocycles. The van der Waals surface area contributed by atoms with Gasteiger partial charge in [0.05, 0.1) is 31.3 Å². The van der Waals surface area contributed by atoms with E-state index in [-0.39, 0.29) is 18.3 Å². The van der Waals surface area contributed by atoms with Gasteiger partial charge in [0.2, 0.25) is 0 Å². The Kier molecular flexibility index (Phi) is 5.87. The van der Waals surface area contributed by atoms with Gasteiger partial charge in [-0.25, -0.2) is 9.37 Å². The first-order chi connectivity index (χ1) is 13.1. The molecule has 142 valence electrons. The highest BCUT2D eigenvalue weighted by molar-refractivity contribution is 5.94. The minimum Gasteiger partial charge on any atom is -0.493 e. The summed E-state index contributed by atoms with van der Waals surface area (Å²) in [6.45, 7) is 1.14. The molecule has 8 heteroatoms. The third-order valence-corrected chi connectivity index (χ3v) is 3.94. The molecule has 3 rings (SSSR count). The van der Waals surface area contributed by atoms with Crippen molar-refractivity contribution in [2.24, 2.45) is 5.73 Å². The van der Waals surface area contributed by atoms with Crippen molar-refractivity contribution >= 4 is 16.9 Å². The van der Waals surface area contributed by atoms with Crippen LogP contribution in [-0.2, 0) is 6.54 Å². The lowest BCUT2D eigenvalue weighted by molar-refractivity contribution is 0.0949. The van der Waals surface area contributed by atoms with Crippen molar-refractivity contribution in [2.45, 2.75) is 13.0 Å². The van der Waals surface area contributed by atoms with Crippen LogP contribution in [0.15, 0.2) is 36.4 Å². The third-order valence-electron chi connectivity index (χ3n) is 3.94. The van der Waals surface area contributed by atoms with Crippen LogP contribution >= 0.6 is 0 Å². The van der Waals surface area contributed by atoms with Crippen molar-refractivity contribution in [3.8, 4) is 11.5 Å². The normalized spacial score (nSPS) is 10.8. The zero-order valence-electron chi connectivity index (χ0n) is 14.9. The predicted molar refractivity (Wildman–Crippen MR) is 99.4 cm³/mol. The molecule has 0 saturated carbocycles. The quantitative estimate of drug-likeness (QED) is 0.527.